The number of para-hydroxylation sites is 1. The number of methoxy groups -OCH3 is 2. The van der Waals surface area contributed by atoms with Gasteiger partial charge in [0.1, 0.15) is 11.4 Å². The topological polar surface area (TPSA) is 80.2 Å². The van der Waals surface area contributed by atoms with Crippen LogP contribution in [0.15, 0.2) is 41.4 Å². The van der Waals surface area contributed by atoms with Crippen molar-refractivity contribution in [1.29, 1.82) is 0 Å². The number of aromatic hydroxyl groups is 1. The Morgan fingerprint density at radius 2 is 1.91 bits per heavy atom. The normalized spacial score (nSPS) is 10.6. The Morgan fingerprint density at radius 1 is 1.17 bits per heavy atom. The van der Waals surface area contributed by atoms with Crippen molar-refractivity contribution < 1.29 is 19.4 Å². The molecule has 2 N–H and O–H groups in total. The molecule has 2 aromatic rings. The molecule has 6 heteroatoms. The second-order valence-electron chi connectivity index (χ2n) is 4.72. The molecule has 0 atom stereocenters. The van der Waals surface area contributed by atoms with Crippen LogP contribution < -0.4 is 14.8 Å². The van der Waals surface area contributed by atoms with Gasteiger partial charge in [-0.3, -0.25) is 9.79 Å². The Balaban J connectivity index is 2.36. The van der Waals surface area contributed by atoms with Gasteiger partial charge in [0.15, 0.2) is 11.5 Å². The zero-order valence-electron chi connectivity index (χ0n) is 13.2. The van der Waals surface area contributed by atoms with E-state index in [0.29, 0.717) is 28.4 Å². The van der Waals surface area contributed by atoms with Gasteiger partial charge in [-0.25, -0.2) is 0 Å². The summed E-state index contributed by atoms with van der Waals surface area (Å²) in [6.45, 7) is 1.43. The minimum absolute atomic E-state index is 0.00994. The van der Waals surface area contributed by atoms with Gasteiger partial charge in [-0.1, -0.05) is 6.07 Å². The number of ether oxygens (including phenoxy) is 2. The molecule has 0 heterocycles. The number of hydrogen-bond donors (Lipinski definition) is 2. The largest absolute Gasteiger partial charge is 0.504 e. The number of aliphatic imine (C=N–C) groups is 1. The molecule has 0 aliphatic rings. The molecule has 23 heavy (non-hydrogen) atoms. The van der Waals surface area contributed by atoms with Crippen LogP contribution in [0.2, 0.25) is 0 Å². The maximum atomic E-state index is 11.1. The van der Waals surface area contributed by atoms with Gasteiger partial charge in [-0.15, -0.1) is 0 Å². The molecule has 0 radical (unpaired) electrons. The van der Waals surface area contributed by atoms with Gasteiger partial charge in [0, 0.05) is 24.4 Å². The summed E-state index contributed by atoms with van der Waals surface area (Å²) in [5, 5.41) is 12.7. The van der Waals surface area contributed by atoms with Crippen molar-refractivity contribution in [2.24, 2.45) is 4.99 Å². The summed E-state index contributed by atoms with van der Waals surface area (Å²) in [4.78, 5) is 15.5. The van der Waals surface area contributed by atoms with E-state index in [1.807, 2.05) is 0 Å². The summed E-state index contributed by atoms with van der Waals surface area (Å²) < 4.78 is 10.3. The molecule has 0 saturated heterocycles. The number of phenols is 1. The minimum Gasteiger partial charge on any atom is -0.504 e. The molecule has 0 bridgehead atoms. The second kappa shape index (κ2) is 7.31. The molecule has 0 fully saturated rings. The summed E-state index contributed by atoms with van der Waals surface area (Å²) in [7, 11) is 3.02. The maximum Gasteiger partial charge on any atom is 0.221 e. The van der Waals surface area contributed by atoms with Gasteiger partial charge in [0.05, 0.1) is 14.2 Å². The van der Waals surface area contributed by atoms with Gasteiger partial charge in [-0.05, 0) is 30.3 Å². The lowest BCUT2D eigenvalue weighted by atomic mass is 10.2. The summed E-state index contributed by atoms with van der Waals surface area (Å²) in [5.41, 5.74) is 1.65. The van der Waals surface area contributed by atoms with Crippen molar-refractivity contribution in [3.05, 3.63) is 42.0 Å². The fraction of sp³-hybridized carbons (Fsp3) is 0.176. The van der Waals surface area contributed by atoms with Gasteiger partial charge in [0.2, 0.25) is 5.91 Å². The van der Waals surface area contributed by atoms with Gasteiger partial charge in [-0.2, -0.15) is 0 Å². The summed E-state index contributed by atoms with van der Waals surface area (Å²) in [5.74, 6) is 0.761. The van der Waals surface area contributed by atoms with E-state index in [2.05, 4.69) is 10.3 Å². The van der Waals surface area contributed by atoms with E-state index in [-0.39, 0.29) is 11.7 Å². The first-order chi connectivity index (χ1) is 11.0. The van der Waals surface area contributed by atoms with Crippen LogP contribution in [-0.2, 0) is 4.79 Å². The molecule has 0 unspecified atom stereocenters. The van der Waals surface area contributed by atoms with Gasteiger partial charge in [0.25, 0.3) is 0 Å². The Bertz CT molecular complexity index is 741. The van der Waals surface area contributed by atoms with E-state index in [4.69, 9.17) is 9.47 Å². The SMILES string of the molecule is COc1ccc(NC(C)=O)cc1N=Cc1cccc(OC)c1O. The average Bonchev–Trinajstić information content (AvgIpc) is 2.53. The number of hydrogen-bond acceptors (Lipinski definition) is 5. The zero-order chi connectivity index (χ0) is 16.8. The molecule has 0 aromatic heterocycles. The third-order valence-corrected chi connectivity index (χ3v) is 3.09. The highest BCUT2D eigenvalue weighted by atomic mass is 16.5. The molecule has 0 aliphatic heterocycles. The highest BCUT2D eigenvalue weighted by Gasteiger charge is 2.07. The Morgan fingerprint density at radius 3 is 2.57 bits per heavy atom. The number of rotatable bonds is 5. The second-order valence-corrected chi connectivity index (χ2v) is 4.72. The highest BCUT2D eigenvalue weighted by molar-refractivity contribution is 5.91. The molecule has 120 valence electrons. The van der Waals surface area contributed by atoms with Crippen LogP contribution in [0.4, 0.5) is 11.4 Å². The number of nitrogens with zero attached hydrogens (tertiary/aromatic N) is 1. The standard InChI is InChI=1S/C17H18N2O4/c1-11(20)19-13-7-8-15(22-2)14(9-13)18-10-12-5-4-6-16(23-3)17(12)21/h4-10,21H,1-3H3,(H,19,20). The summed E-state index contributed by atoms with van der Waals surface area (Å²) in [6.07, 6.45) is 1.51. The van der Waals surface area contributed by atoms with Crippen molar-refractivity contribution in [3.8, 4) is 17.2 Å². The van der Waals surface area contributed by atoms with E-state index in [1.54, 1.807) is 36.4 Å². The van der Waals surface area contributed by atoms with Crippen LogP contribution >= 0.6 is 0 Å². The van der Waals surface area contributed by atoms with Gasteiger partial charge < -0.3 is 19.9 Å². The van der Waals surface area contributed by atoms with E-state index in [0.717, 1.165) is 0 Å². The number of anilines is 1. The maximum absolute atomic E-state index is 11.1. The van der Waals surface area contributed by atoms with Crippen LogP contribution in [0.5, 0.6) is 17.2 Å². The number of nitrogens with one attached hydrogen (secondary N) is 1. The third-order valence-electron chi connectivity index (χ3n) is 3.09. The monoisotopic (exact) mass is 314 g/mol. The van der Waals surface area contributed by atoms with E-state index < -0.39 is 0 Å². The predicted octanol–water partition coefficient (Wildman–Crippen LogP) is 3.12. The molecule has 1 amide bonds. The fourth-order valence-electron chi connectivity index (χ4n) is 2.02. The average molecular weight is 314 g/mol. The number of amides is 1. The Labute approximate surface area is 134 Å². The van der Waals surface area contributed by atoms with Crippen LogP contribution in [0.1, 0.15) is 12.5 Å². The molecule has 0 aliphatic carbocycles. The van der Waals surface area contributed by atoms with Crippen LogP contribution in [0.25, 0.3) is 0 Å². The first-order valence-corrected chi connectivity index (χ1v) is 6.91. The molecule has 0 spiro atoms. The Kier molecular flexibility index (Phi) is 5.19. The number of benzene rings is 2. The van der Waals surface area contributed by atoms with E-state index in [1.165, 1.54) is 27.4 Å². The lowest BCUT2D eigenvalue weighted by molar-refractivity contribution is -0.114. The summed E-state index contributed by atoms with van der Waals surface area (Å²) in [6, 6.07) is 10.3. The first-order valence-electron chi connectivity index (χ1n) is 6.91. The molecule has 2 aromatic carbocycles. The predicted molar refractivity (Wildman–Crippen MR) is 89.2 cm³/mol. The quantitative estimate of drug-likeness (QED) is 0.831. The highest BCUT2D eigenvalue weighted by Crippen LogP contribution is 2.32. The minimum atomic E-state index is -0.171. The molecule has 2 rings (SSSR count). The number of carbonyl (C=O) groups excluding carboxylic acids is 1. The number of phenolic OH excluding ortho intramolecular Hbond substituents is 1. The van der Waals surface area contributed by atoms with E-state index >= 15 is 0 Å². The van der Waals surface area contributed by atoms with Crippen molar-refractivity contribution in [2.45, 2.75) is 6.92 Å². The Hall–Kier alpha value is -3.02. The summed E-state index contributed by atoms with van der Waals surface area (Å²) >= 11 is 0. The van der Waals surface area contributed by atoms with Crippen LogP contribution in [0.3, 0.4) is 0 Å². The smallest absolute Gasteiger partial charge is 0.221 e. The number of carbonyl (C=O) groups is 1. The van der Waals surface area contributed by atoms with Crippen molar-refractivity contribution >= 4 is 23.5 Å². The molecular weight excluding hydrogens is 296 g/mol. The van der Waals surface area contributed by atoms with Crippen LogP contribution in [0, 0.1) is 0 Å². The molecule has 0 saturated carbocycles. The van der Waals surface area contributed by atoms with Crippen molar-refractivity contribution in [1.82, 2.24) is 0 Å². The van der Waals surface area contributed by atoms with E-state index in [9.17, 15) is 9.90 Å². The first kappa shape index (κ1) is 16.4. The van der Waals surface area contributed by atoms with Crippen LogP contribution in [-0.4, -0.2) is 31.4 Å². The lowest BCUT2D eigenvalue weighted by Gasteiger charge is -2.08. The lowest BCUT2D eigenvalue weighted by Crippen LogP contribution is -2.05. The fourth-order valence-corrected chi connectivity index (χ4v) is 2.02. The van der Waals surface area contributed by atoms with Crippen molar-refractivity contribution in [3.63, 3.8) is 0 Å². The molecule has 6 nitrogen and oxygen atoms in total. The van der Waals surface area contributed by atoms with Gasteiger partial charge >= 0.3 is 0 Å². The molecular formula is C17H18N2O4. The third kappa shape index (κ3) is 4.00. The van der Waals surface area contributed by atoms with Crippen molar-refractivity contribution in [2.75, 3.05) is 19.5 Å². The zero-order valence-corrected chi connectivity index (χ0v) is 13.2.